The molecule has 0 spiro atoms. The van der Waals surface area contributed by atoms with Crippen LogP contribution in [0, 0.1) is 13.8 Å². The average molecular weight is 231 g/mol. The Morgan fingerprint density at radius 3 is 2.65 bits per heavy atom. The van der Waals surface area contributed by atoms with Gasteiger partial charge in [-0.1, -0.05) is 19.1 Å². The number of aliphatic carboxylic acids is 1. The van der Waals surface area contributed by atoms with Crippen LogP contribution in [0.3, 0.4) is 0 Å². The standard InChI is InChI=1S/C14H17NO2/c1-4-11-10(3)15(8-13(16)17)12-7-5-6-9(2)14(11)12/h5-7H,4,8H2,1-3H3,(H,16,17). The van der Waals surface area contributed by atoms with E-state index in [-0.39, 0.29) is 6.54 Å². The maximum Gasteiger partial charge on any atom is 0.323 e. The van der Waals surface area contributed by atoms with Crippen LogP contribution in [0.2, 0.25) is 0 Å². The van der Waals surface area contributed by atoms with Gasteiger partial charge in [0.15, 0.2) is 0 Å². The van der Waals surface area contributed by atoms with Gasteiger partial charge in [-0.25, -0.2) is 0 Å². The number of aryl methyl sites for hydroxylation is 2. The van der Waals surface area contributed by atoms with Crippen molar-refractivity contribution in [1.82, 2.24) is 4.57 Å². The first-order chi connectivity index (χ1) is 8.06. The van der Waals surface area contributed by atoms with Crippen molar-refractivity contribution in [2.45, 2.75) is 33.7 Å². The van der Waals surface area contributed by atoms with E-state index < -0.39 is 5.97 Å². The van der Waals surface area contributed by atoms with Crippen LogP contribution >= 0.6 is 0 Å². The summed E-state index contributed by atoms with van der Waals surface area (Å²) in [5.41, 5.74) is 4.58. The Balaban J connectivity index is 2.80. The minimum atomic E-state index is -0.797. The van der Waals surface area contributed by atoms with Gasteiger partial charge in [-0.3, -0.25) is 4.79 Å². The molecule has 90 valence electrons. The van der Waals surface area contributed by atoms with Crippen LogP contribution in [0.4, 0.5) is 0 Å². The van der Waals surface area contributed by atoms with Crippen molar-refractivity contribution in [1.29, 1.82) is 0 Å². The summed E-state index contributed by atoms with van der Waals surface area (Å²) in [6.07, 6.45) is 0.930. The zero-order valence-electron chi connectivity index (χ0n) is 10.4. The fourth-order valence-electron chi connectivity index (χ4n) is 2.57. The van der Waals surface area contributed by atoms with E-state index in [1.807, 2.05) is 23.6 Å². The van der Waals surface area contributed by atoms with Gasteiger partial charge in [-0.15, -0.1) is 0 Å². The van der Waals surface area contributed by atoms with Gasteiger partial charge in [-0.05, 0) is 37.5 Å². The summed E-state index contributed by atoms with van der Waals surface area (Å²) >= 11 is 0. The first-order valence-corrected chi connectivity index (χ1v) is 5.85. The monoisotopic (exact) mass is 231 g/mol. The molecule has 17 heavy (non-hydrogen) atoms. The Morgan fingerprint density at radius 1 is 1.35 bits per heavy atom. The summed E-state index contributed by atoms with van der Waals surface area (Å²) in [7, 11) is 0. The van der Waals surface area contributed by atoms with Crippen LogP contribution in [0.15, 0.2) is 18.2 Å². The molecule has 0 aliphatic carbocycles. The number of hydrogen-bond acceptors (Lipinski definition) is 1. The molecule has 1 N–H and O–H groups in total. The van der Waals surface area contributed by atoms with Gasteiger partial charge in [-0.2, -0.15) is 0 Å². The molecule has 0 fully saturated rings. The Kier molecular flexibility index (Phi) is 2.92. The average Bonchev–Trinajstić information content (AvgIpc) is 2.53. The molecular formula is C14H17NO2. The lowest BCUT2D eigenvalue weighted by atomic mass is 10.0. The molecule has 0 aliphatic heterocycles. The highest BCUT2D eigenvalue weighted by atomic mass is 16.4. The molecule has 0 radical (unpaired) electrons. The van der Waals surface area contributed by atoms with E-state index in [9.17, 15) is 4.79 Å². The molecular weight excluding hydrogens is 214 g/mol. The molecule has 0 saturated heterocycles. The molecule has 1 heterocycles. The van der Waals surface area contributed by atoms with Crippen molar-refractivity contribution < 1.29 is 9.90 Å². The number of nitrogens with zero attached hydrogens (tertiary/aromatic N) is 1. The highest BCUT2D eigenvalue weighted by Gasteiger charge is 2.15. The minimum Gasteiger partial charge on any atom is -0.480 e. The second kappa shape index (κ2) is 4.24. The molecule has 3 heteroatoms. The Morgan fingerprint density at radius 2 is 2.06 bits per heavy atom. The molecule has 3 nitrogen and oxygen atoms in total. The number of carboxylic acids is 1. The predicted octanol–water partition coefficient (Wildman–Crippen LogP) is 2.91. The lowest BCUT2D eigenvalue weighted by molar-refractivity contribution is -0.137. The van der Waals surface area contributed by atoms with E-state index in [1.54, 1.807) is 0 Å². The summed E-state index contributed by atoms with van der Waals surface area (Å²) < 4.78 is 1.89. The van der Waals surface area contributed by atoms with E-state index in [1.165, 1.54) is 16.5 Å². The number of aromatic nitrogens is 1. The summed E-state index contributed by atoms with van der Waals surface area (Å²) in [6.45, 7) is 6.22. The first kappa shape index (κ1) is 11.7. The van der Waals surface area contributed by atoms with Gasteiger partial charge in [0.05, 0.1) is 0 Å². The van der Waals surface area contributed by atoms with Crippen LogP contribution in [-0.4, -0.2) is 15.6 Å². The van der Waals surface area contributed by atoms with Crippen LogP contribution in [-0.2, 0) is 17.8 Å². The van der Waals surface area contributed by atoms with Gasteiger partial charge in [0.1, 0.15) is 6.54 Å². The van der Waals surface area contributed by atoms with Gasteiger partial charge in [0.2, 0.25) is 0 Å². The van der Waals surface area contributed by atoms with Crippen molar-refractivity contribution >= 4 is 16.9 Å². The van der Waals surface area contributed by atoms with Gasteiger partial charge in [0.25, 0.3) is 0 Å². The van der Waals surface area contributed by atoms with Crippen molar-refractivity contribution in [3.8, 4) is 0 Å². The summed E-state index contributed by atoms with van der Waals surface area (Å²) in [6, 6.07) is 6.05. The smallest absolute Gasteiger partial charge is 0.323 e. The van der Waals surface area contributed by atoms with Crippen molar-refractivity contribution in [3.63, 3.8) is 0 Å². The molecule has 1 aromatic carbocycles. The maximum absolute atomic E-state index is 10.9. The van der Waals surface area contributed by atoms with Crippen molar-refractivity contribution in [3.05, 3.63) is 35.0 Å². The second-order valence-electron chi connectivity index (χ2n) is 4.37. The van der Waals surface area contributed by atoms with Gasteiger partial charge < -0.3 is 9.67 Å². The van der Waals surface area contributed by atoms with E-state index >= 15 is 0 Å². The van der Waals surface area contributed by atoms with E-state index in [0.29, 0.717) is 0 Å². The zero-order chi connectivity index (χ0) is 12.6. The van der Waals surface area contributed by atoms with E-state index in [2.05, 4.69) is 19.9 Å². The number of fused-ring (bicyclic) bond motifs is 1. The topological polar surface area (TPSA) is 42.2 Å². The lowest BCUT2D eigenvalue weighted by Crippen LogP contribution is -2.10. The SMILES string of the molecule is CCc1c(C)n(CC(=O)O)c2cccc(C)c12. The van der Waals surface area contributed by atoms with Crippen molar-refractivity contribution in [2.24, 2.45) is 0 Å². The lowest BCUT2D eigenvalue weighted by Gasteiger charge is -2.04. The first-order valence-electron chi connectivity index (χ1n) is 5.85. The predicted molar refractivity (Wildman–Crippen MR) is 68.4 cm³/mol. The Labute approximate surface area is 101 Å². The molecule has 2 rings (SSSR count). The molecule has 0 saturated carbocycles. The highest BCUT2D eigenvalue weighted by molar-refractivity contribution is 5.89. The quantitative estimate of drug-likeness (QED) is 0.882. The third-order valence-electron chi connectivity index (χ3n) is 3.33. The highest BCUT2D eigenvalue weighted by Crippen LogP contribution is 2.28. The molecule has 0 atom stereocenters. The van der Waals surface area contributed by atoms with Gasteiger partial charge >= 0.3 is 5.97 Å². The largest absolute Gasteiger partial charge is 0.480 e. The van der Waals surface area contributed by atoms with Crippen LogP contribution in [0.5, 0.6) is 0 Å². The number of hydrogen-bond donors (Lipinski definition) is 1. The molecule has 0 bridgehead atoms. The number of benzene rings is 1. The number of rotatable bonds is 3. The van der Waals surface area contributed by atoms with Crippen molar-refractivity contribution in [2.75, 3.05) is 0 Å². The third kappa shape index (κ3) is 1.82. The van der Waals surface area contributed by atoms with Gasteiger partial charge in [0, 0.05) is 16.6 Å². The second-order valence-corrected chi connectivity index (χ2v) is 4.37. The fraction of sp³-hybridized carbons (Fsp3) is 0.357. The summed E-state index contributed by atoms with van der Waals surface area (Å²) in [4.78, 5) is 10.9. The van der Waals surface area contributed by atoms with E-state index in [0.717, 1.165) is 17.6 Å². The number of carbonyl (C=O) groups is 1. The molecule has 0 aliphatic rings. The number of carboxylic acid groups (broad SMARTS) is 1. The van der Waals surface area contributed by atoms with Crippen LogP contribution < -0.4 is 0 Å². The molecule has 2 aromatic rings. The Bertz CT molecular complexity index is 581. The van der Waals surface area contributed by atoms with Crippen LogP contribution in [0.1, 0.15) is 23.7 Å². The van der Waals surface area contributed by atoms with Crippen LogP contribution in [0.25, 0.3) is 10.9 Å². The Hall–Kier alpha value is -1.77. The molecule has 0 amide bonds. The minimum absolute atomic E-state index is 0.0335. The summed E-state index contributed by atoms with van der Waals surface area (Å²) in [5, 5.41) is 10.2. The fourth-order valence-corrected chi connectivity index (χ4v) is 2.57. The summed E-state index contributed by atoms with van der Waals surface area (Å²) in [5.74, 6) is -0.797. The molecule has 1 aromatic heterocycles. The zero-order valence-corrected chi connectivity index (χ0v) is 10.4. The van der Waals surface area contributed by atoms with E-state index in [4.69, 9.17) is 5.11 Å². The normalized spacial score (nSPS) is 11.0. The third-order valence-corrected chi connectivity index (χ3v) is 3.33. The molecule has 0 unspecified atom stereocenters. The maximum atomic E-state index is 10.9.